The molecule has 1 amide bonds. The number of thioether (sulfide) groups is 1. The Balaban J connectivity index is 1.91. The third kappa shape index (κ3) is 4.91. The van der Waals surface area contributed by atoms with Gasteiger partial charge in [-0.25, -0.2) is 9.97 Å². The summed E-state index contributed by atoms with van der Waals surface area (Å²) in [6.45, 7) is 3.69. The second-order valence-electron chi connectivity index (χ2n) is 4.66. The number of hydrogen-bond acceptors (Lipinski definition) is 7. The van der Waals surface area contributed by atoms with Gasteiger partial charge in [0.15, 0.2) is 5.16 Å². The van der Waals surface area contributed by atoms with Crippen LogP contribution in [-0.4, -0.2) is 31.8 Å². The molecule has 0 aliphatic carbocycles. The maximum absolute atomic E-state index is 12.5. The minimum absolute atomic E-state index is 0.0148. The summed E-state index contributed by atoms with van der Waals surface area (Å²) in [4.78, 5) is 18.7. The molecule has 2 rings (SSSR count). The van der Waals surface area contributed by atoms with Gasteiger partial charge >= 0.3 is 12.2 Å². The Labute approximate surface area is 133 Å². The van der Waals surface area contributed by atoms with Crippen LogP contribution in [0.15, 0.2) is 21.8 Å². The first-order chi connectivity index (χ1) is 10.8. The molecule has 0 bridgehead atoms. The summed E-state index contributed by atoms with van der Waals surface area (Å²) in [5, 5.41) is 9.58. The fourth-order valence-corrected chi connectivity index (χ4v) is 2.00. The van der Waals surface area contributed by atoms with Crippen LogP contribution >= 0.6 is 11.8 Å². The Hall–Kier alpha value is -2.17. The van der Waals surface area contributed by atoms with Gasteiger partial charge in [0.2, 0.25) is 11.8 Å². The quantitative estimate of drug-likeness (QED) is 0.656. The minimum atomic E-state index is -4.56. The van der Waals surface area contributed by atoms with Crippen LogP contribution in [0.25, 0.3) is 0 Å². The van der Waals surface area contributed by atoms with E-state index in [2.05, 4.69) is 25.5 Å². The van der Waals surface area contributed by atoms with Crippen molar-refractivity contribution >= 4 is 23.7 Å². The fourth-order valence-electron chi connectivity index (χ4n) is 1.37. The molecular formula is C12H12F3N5O2S. The van der Waals surface area contributed by atoms with E-state index in [4.69, 9.17) is 4.42 Å². The molecule has 11 heteroatoms. The summed E-state index contributed by atoms with van der Waals surface area (Å²) in [6.07, 6.45) is -3.57. The van der Waals surface area contributed by atoms with Crippen molar-refractivity contribution in [3.05, 3.63) is 23.8 Å². The van der Waals surface area contributed by atoms with E-state index in [0.29, 0.717) is 5.89 Å². The number of anilines is 1. The third-order valence-electron chi connectivity index (χ3n) is 2.44. The van der Waals surface area contributed by atoms with Gasteiger partial charge in [-0.1, -0.05) is 30.7 Å². The second-order valence-corrected chi connectivity index (χ2v) is 5.60. The molecule has 23 heavy (non-hydrogen) atoms. The number of alkyl halides is 3. The largest absolute Gasteiger partial charge is 0.433 e. The molecule has 1 N–H and O–H groups in total. The number of amides is 1. The number of aromatic nitrogens is 4. The maximum atomic E-state index is 12.5. The van der Waals surface area contributed by atoms with Gasteiger partial charge in [-0.15, -0.1) is 5.10 Å². The van der Waals surface area contributed by atoms with Gasteiger partial charge in [-0.2, -0.15) is 13.2 Å². The smallest absolute Gasteiger partial charge is 0.408 e. The van der Waals surface area contributed by atoms with E-state index >= 15 is 0 Å². The van der Waals surface area contributed by atoms with Gasteiger partial charge in [0.1, 0.15) is 5.69 Å². The van der Waals surface area contributed by atoms with Gasteiger partial charge in [0, 0.05) is 12.1 Å². The molecule has 7 nitrogen and oxygen atoms in total. The lowest BCUT2D eigenvalue weighted by Gasteiger charge is -2.06. The highest BCUT2D eigenvalue weighted by atomic mass is 32.2. The van der Waals surface area contributed by atoms with Crippen molar-refractivity contribution in [2.24, 2.45) is 0 Å². The van der Waals surface area contributed by atoms with E-state index in [-0.39, 0.29) is 22.8 Å². The SMILES string of the molecule is CC(C)c1nnc(NC(=O)CSc2nccc(C(F)(F)F)n2)o1. The number of nitrogens with one attached hydrogen (secondary N) is 1. The standard InChI is InChI=1S/C12H12F3N5O2S/c1-6(2)9-19-20-10(22-9)18-8(21)5-23-11-16-4-3-7(17-11)12(13,14)15/h3-4,6H,5H2,1-2H3,(H,18,20,21). The van der Waals surface area contributed by atoms with Crippen molar-refractivity contribution in [2.45, 2.75) is 31.1 Å². The molecule has 0 unspecified atom stereocenters. The van der Waals surface area contributed by atoms with E-state index < -0.39 is 17.8 Å². The zero-order valence-corrected chi connectivity index (χ0v) is 12.9. The van der Waals surface area contributed by atoms with Crippen molar-refractivity contribution in [1.82, 2.24) is 20.2 Å². The molecular weight excluding hydrogens is 335 g/mol. The number of hydrogen-bond donors (Lipinski definition) is 1. The predicted octanol–water partition coefficient (Wildman–Crippen LogP) is 2.73. The zero-order chi connectivity index (χ0) is 17.0. The van der Waals surface area contributed by atoms with Crippen LogP contribution in [0.2, 0.25) is 0 Å². The van der Waals surface area contributed by atoms with Gasteiger partial charge in [-0.3, -0.25) is 10.1 Å². The van der Waals surface area contributed by atoms with Crippen LogP contribution in [-0.2, 0) is 11.0 Å². The highest BCUT2D eigenvalue weighted by Crippen LogP contribution is 2.28. The summed E-state index contributed by atoms with van der Waals surface area (Å²) in [5.74, 6) is -0.328. The molecule has 0 fully saturated rings. The second kappa shape index (κ2) is 6.94. The van der Waals surface area contributed by atoms with Crippen LogP contribution < -0.4 is 5.32 Å². The minimum Gasteiger partial charge on any atom is -0.408 e. The van der Waals surface area contributed by atoms with Gasteiger partial charge in [-0.05, 0) is 6.07 Å². The number of carbonyl (C=O) groups excluding carboxylic acids is 1. The van der Waals surface area contributed by atoms with Crippen LogP contribution in [0, 0.1) is 0 Å². The van der Waals surface area contributed by atoms with Gasteiger partial charge < -0.3 is 4.42 Å². The lowest BCUT2D eigenvalue weighted by atomic mass is 10.2. The third-order valence-corrected chi connectivity index (χ3v) is 3.30. The van der Waals surface area contributed by atoms with Crippen molar-refractivity contribution in [2.75, 3.05) is 11.1 Å². The van der Waals surface area contributed by atoms with Crippen molar-refractivity contribution in [3.8, 4) is 0 Å². The molecule has 0 atom stereocenters. The van der Waals surface area contributed by atoms with Crippen LogP contribution in [0.4, 0.5) is 19.2 Å². The Morgan fingerprint density at radius 1 is 1.39 bits per heavy atom. The first-order valence-electron chi connectivity index (χ1n) is 6.42. The summed E-state index contributed by atoms with van der Waals surface area (Å²) in [6, 6.07) is 0.694. The Morgan fingerprint density at radius 3 is 2.74 bits per heavy atom. The molecule has 0 saturated carbocycles. The van der Waals surface area contributed by atoms with Gasteiger partial charge in [0.25, 0.3) is 0 Å². The van der Waals surface area contributed by atoms with Crippen LogP contribution in [0.3, 0.4) is 0 Å². The molecule has 0 aromatic carbocycles. The highest BCUT2D eigenvalue weighted by Gasteiger charge is 2.32. The van der Waals surface area contributed by atoms with Crippen molar-refractivity contribution in [1.29, 1.82) is 0 Å². The zero-order valence-electron chi connectivity index (χ0n) is 12.1. The summed E-state index contributed by atoms with van der Waals surface area (Å²) < 4.78 is 42.7. The van der Waals surface area contributed by atoms with Crippen LogP contribution in [0.5, 0.6) is 0 Å². The average molecular weight is 347 g/mol. The van der Waals surface area contributed by atoms with E-state index in [1.54, 1.807) is 0 Å². The van der Waals surface area contributed by atoms with E-state index in [1.165, 1.54) is 0 Å². The maximum Gasteiger partial charge on any atom is 0.433 e. The lowest BCUT2D eigenvalue weighted by Crippen LogP contribution is -2.15. The number of halogens is 3. The number of nitrogens with zero attached hydrogens (tertiary/aromatic N) is 4. The summed E-state index contributed by atoms with van der Waals surface area (Å²) >= 11 is 0.767. The summed E-state index contributed by atoms with van der Waals surface area (Å²) in [5.41, 5.74) is -1.06. The van der Waals surface area contributed by atoms with E-state index in [1.807, 2.05) is 13.8 Å². The Kier molecular flexibility index (Phi) is 5.19. The highest BCUT2D eigenvalue weighted by molar-refractivity contribution is 7.99. The Morgan fingerprint density at radius 2 is 2.13 bits per heavy atom. The first kappa shape index (κ1) is 17.2. The topological polar surface area (TPSA) is 93.8 Å². The average Bonchev–Trinajstić information content (AvgIpc) is 2.93. The molecule has 124 valence electrons. The lowest BCUT2D eigenvalue weighted by molar-refractivity contribution is -0.141. The molecule has 0 saturated heterocycles. The molecule has 2 aromatic heterocycles. The summed E-state index contributed by atoms with van der Waals surface area (Å²) in [7, 11) is 0. The first-order valence-corrected chi connectivity index (χ1v) is 7.40. The molecule has 0 radical (unpaired) electrons. The van der Waals surface area contributed by atoms with E-state index in [0.717, 1.165) is 24.0 Å². The normalized spacial score (nSPS) is 11.7. The molecule has 0 aliphatic rings. The predicted molar refractivity (Wildman–Crippen MR) is 74.8 cm³/mol. The Bertz CT molecular complexity index is 689. The van der Waals surface area contributed by atoms with Crippen molar-refractivity contribution < 1.29 is 22.4 Å². The molecule has 0 spiro atoms. The van der Waals surface area contributed by atoms with Gasteiger partial charge in [0.05, 0.1) is 5.75 Å². The number of rotatable bonds is 5. The van der Waals surface area contributed by atoms with E-state index in [9.17, 15) is 18.0 Å². The molecule has 0 aliphatic heterocycles. The molecule has 2 aromatic rings. The van der Waals surface area contributed by atoms with Crippen molar-refractivity contribution in [3.63, 3.8) is 0 Å². The fraction of sp³-hybridized carbons (Fsp3) is 0.417. The molecule has 2 heterocycles. The number of carbonyl (C=O) groups is 1. The van der Waals surface area contributed by atoms with Crippen LogP contribution in [0.1, 0.15) is 31.4 Å². The monoisotopic (exact) mass is 347 g/mol.